The molecule has 0 amide bonds. The molecule has 0 unspecified atom stereocenters. The second-order valence-corrected chi connectivity index (χ2v) is 7.57. The molecule has 2 rings (SSSR count). The minimum atomic E-state index is 0.962. The van der Waals surface area contributed by atoms with E-state index in [1.54, 1.807) is 11.3 Å². The number of hydrogen-bond donors (Lipinski definition) is 1. The topological polar surface area (TPSA) is 12.0 Å². The second-order valence-electron chi connectivity index (χ2n) is 4.53. The first-order valence-electron chi connectivity index (χ1n) is 6.29. The van der Waals surface area contributed by atoms with Gasteiger partial charge in [-0.3, -0.25) is 0 Å². The fraction of sp³-hybridized carbons (Fsp3) is 0.333. The van der Waals surface area contributed by atoms with Crippen molar-refractivity contribution in [3.05, 3.63) is 50.1 Å². The monoisotopic (exact) mass is 355 g/mol. The van der Waals surface area contributed by atoms with Crippen LogP contribution in [0.25, 0.3) is 0 Å². The van der Waals surface area contributed by atoms with Crippen LogP contribution in [-0.4, -0.2) is 12.3 Å². The first-order chi connectivity index (χ1) is 9.15. The zero-order chi connectivity index (χ0) is 13.7. The summed E-state index contributed by atoms with van der Waals surface area (Å²) in [7, 11) is 0. The Balaban J connectivity index is 1.70. The lowest BCUT2D eigenvalue weighted by molar-refractivity contribution is 0.741. The number of aryl methyl sites for hydroxylation is 2. The van der Waals surface area contributed by atoms with Crippen LogP contribution in [0.15, 0.2) is 39.0 Å². The van der Waals surface area contributed by atoms with Gasteiger partial charge in [0.1, 0.15) is 0 Å². The SMILES string of the molecule is Cc1ccc(C)c(SCCNCc2cc(Br)cs2)c1. The zero-order valence-corrected chi connectivity index (χ0v) is 14.4. The molecule has 0 radical (unpaired) electrons. The lowest BCUT2D eigenvalue weighted by Crippen LogP contribution is -2.15. The number of thioether (sulfide) groups is 1. The lowest BCUT2D eigenvalue weighted by atomic mass is 10.2. The van der Waals surface area contributed by atoms with Crippen LogP contribution in [0.4, 0.5) is 0 Å². The summed E-state index contributed by atoms with van der Waals surface area (Å²) in [6.07, 6.45) is 0. The highest BCUT2D eigenvalue weighted by Crippen LogP contribution is 2.23. The normalized spacial score (nSPS) is 10.9. The quantitative estimate of drug-likeness (QED) is 0.577. The molecular weight excluding hydrogens is 338 g/mol. The van der Waals surface area contributed by atoms with Crippen molar-refractivity contribution in [2.45, 2.75) is 25.3 Å². The molecule has 1 nitrogen and oxygen atoms in total. The summed E-state index contributed by atoms with van der Waals surface area (Å²) in [5, 5.41) is 5.61. The third-order valence-electron chi connectivity index (χ3n) is 2.80. The third-order valence-corrected chi connectivity index (χ3v) is 5.66. The van der Waals surface area contributed by atoms with Gasteiger partial charge < -0.3 is 5.32 Å². The minimum absolute atomic E-state index is 0.962. The van der Waals surface area contributed by atoms with Crippen molar-refractivity contribution in [2.75, 3.05) is 12.3 Å². The summed E-state index contributed by atoms with van der Waals surface area (Å²) in [5.74, 6) is 1.11. The van der Waals surface area contributed by atoms with Gasteiger partial charge in [0, 0.05) is 38.5 Å². The van der Waals surface area contributed by atoms with Crippen molar-refractivity contribution in [3.63, 3.8) is 0 Å². The molecule has 0 atom stereocenters. The Bertz CT molecular complexity index is 537. The van der Waals surface area contributed by atoms with Crippen LogP contribution in [-0.2, 0) is 6.54 Å². The number of hydrogen-bond acceptors (Lipinski definition) is 3. The molecule has 1 aromatic heterocycles. The molecule has 4 heteroatoms. The van der Waals surface area contributed by atoms with Crippen molar-refractivity contribution in [1.82, 2.24) is 5.32 Å². The summed E-state index contributed by atoms with van der Waals surface area (Å²) in [6.45, 7) is 6.33. The molecule has 1 N–H and O–H groups in total. The fourth-order valence-corrected chi connectivity index (χ4v) is 4.21. The van der Waals surface area contributed by atoms with Crippen LogP contribution in [0.3, 0.4) is 0 Å². The van der Waals surface area contributed by atoms with Gasteiger partial charge in [0.15, 0.2) is 0 Å². The highest BCUT2D eigenvalue weighted by atomic mass is 79.9. The van der Waals surface area contributed by atoms with E-state index in [4.69, 9.17) is 0 Å². The molecule has 0 aliphatic carbocycles. The Kier molecular flexibility index (Phi) is 5.95. The fourth-order valence-electron chi connectivity index (χ4n) is 1.75. The number of halogens is 1. The Morgan fingerprint density at radius 3 is 2.84 bits per heavy atom. The summed E-state index contributed by atoms with van der Waals surface area (Å²) in [6, 6.07) is 8.83. The Morgan fingerprint density at radius 1 is 1.26 bits per heavy atom. The molecule has 0 aliphatic rings. The number of rotatable bonds is 6. The first-order valence-corrected chi connectivity index (χ1v) is 8.94. The Labute approximate surface area is 131 Å². The molecule has 2 aromatic rings. The van der Waals surface area contributed by atoms with Gasteiger partial charge in [0.25, 0.3) is 0 Å². The van der Waals surface area contributed by atoms with Crippen molar-refractivity contribution < 1.29 is 0 Å². The van der Waals surface area contributed by atoms with E-state index in [9.17, 15) is 0 Å². The lowest BCUT2D eigenvalue weighted by Gasteiger charge is -2.07. The highest BCUT2D eigenvalue weighted by Gasteiger charge is 2.00. The maximum Gasteiger partial charge on any atom is 0.0300 e. The van der Waals surface area contributed by atoms with Gasteiger partial charge in [-0.05, 0) is 47.5 Å². The molecule has 0 spiro atoms. The molecule has 102 valence electrons. The molecule has 0 aliphatic heterocycles. The van der Waals surface area contributed by atoms with E-state index < -0.39 is 0 Å². The van der Waals surface area contributed by atoms with Crippen LogP contribution in [0, 0.1) is 13.8 Å². The maximum absolute atomic E-state index is 3.49. The molecule has 1 heterocycles. The first kappa shape index (κ1) is 15.1. The van der Waals surface area contributed by atoms with Gasteiger partial charge >= 0.3 is 0 Å². The van der Waals surface area contributed by atoms with Gasteiger partial charge in [-0.1, -0.05) is 17.7 Å². The summed E-state index contributed by atoms with van der Waals surface area (Å²) >= 11 is 7.20. The number of benzene rings is 1. The highest BCUT2D eigenvalue weighted by molar-refractivity contribution is 9.10. The molecule has 0 saturated carbocycles. The summed E-state index contributed by atoms with van der Waals surface area (Å²) < 4.78 is 1.18. The molecule has 0 bridgehead atoms. The molecule has 19 heavy (non-hydrogen) atoms. The molecular formula is C15H18BrNS2. The number of thiophene rings is 1. The van der Waals surface area contributed by atoms with Crippen LogP contribution in [0.5, 0.6) is 0 Å². The van der Waals surface area contributed by atoms with Crippen molar-refractivity contribution in [2.24, 2.45) is 0 Å². The molecule has 1 aromatic carbocycles. The van der Waals surface area contributed by atoms with E-state index >= 15 is 0 Å². The van der Waals surface area contributed by atoms with Crippen LogP contribution >= 0.6 is 39.0 Å². The third kappa shape index (κ3) is 4.95. The van der Waals surface area contributed by atoms with E-state index in [0.29, 0.717) is 0 Å². The standard InChI is InChI=1S/C15H18BrNS2/c1-11-3-4-12(2)15(7-11)18-6-5-17-9-14-8-13(16)10-19-14/h3-4,7-8,10,17H,5-6,9H2,1-2H3. The predicted octanol–water partition coefficient (Wildman–Crippen LogP) is 5.01. The maximum atomic E-state index is 3.49. The van der Waals surface area contributed by atoms with E-state index in [1.165, 1.54) is 25.4 Å². The summed E-state index contributed by atoms with van der Waals surface area (Å²) in [4.78, 5) is 2.78. The van der Waals surface area contributed by atoms with Crippen LogP contribution in [0.2, 0.25) is 0 Å². The predicted molar refractivity (Wildman–Crippen MR) is 90.4 cm³/mol. The zero-order valence-electron chi connectivity index (χ0n) is 11.2. The van der Waals surface area contributed by atoms with Gasteiger partial charge in [-0.25, -0.2) is 0 Å². The van der Waals surface area contributed by atoms with E-state index in [-0.39, 0.29) is 0 Å². The van der Waals surface area contributed by atoms with Crippen LogP contribution in [0.1, 0.15) is 16.0 Å². The second kappa shape index (κ2) is 7.48. The van der Waals surface area contributed by atoms with Gasteiger partial charge in [0.05, 0.1) is 0 Å². The average molecular weight is 356 g/mol. The molecule has 0 fully saturated rings. The van der Waals surface area contributed by atoms with Crippen LogP contribution < -0.4 is 5.32 Å². The van der Waals surface area contributed by atoms with E-state index in [2.05, 4.69) is 64.7 Å². The Morgan fingerprint density at radius 2 is 2.11 bits per heavy atom. The van der Waals surface area contributed by atoms with Gasteiger partial charge in [-0.2, -0.15) is 0 Å². The molecule has 0 saturated heterocycles. The number of nitrogens with one attached hydrogen (secondary N) is 1. The van der Waals surface area contributed by atoms with Crippen molar-refractivity contribution in [1.29, 1.82) is 0 Å². The average Bonchev–Trinajstić information content (AvgIpc) is 2.79. The van der Waals surface area contributed by atoms with Gasteiger partial charge in [-0.15, -0.1) is 23.1 Å². The smallest absolute Gasteiger partial charge is 0.0300 e. The van der Waals surface area contributed by atoms with Crippen molar-refractivity contribution >= 4 is 39.0 Å². The van der Waals surface area contributed by atoms with Crippen molar-refractivity contribution in [3.8, 4) is 0 Å². The minimum Gasteiger partial charge on any atom is -0.311 e. The largest absolute Gasteiger partial charge is 0.311 e. The summed E-state index contributed by atoms with van der Waals surface area (Å²) in [5.41, 5.74) is 2.71. The van der Waals surface area contributed by atoms with E-state index in [0.717, 1.165) is 18.8 Å². The van der Waals surface area contributed by atoms with Gasteiger partial charge in [0.2, 0.25) is 0 Å². The Hall–Kier alpha value is -0.290. The van der Waals surface area contributed by atoms with E-state index in [1.807, 2.05) is 11.8 Å².